The molecular formula is C20H17N3O9. The minimum absolute atomic E-state index is 0.0201. The Morgan fingerprint density at radius 2 is 1.78 bits per heavy atom. The first-order valence-electron chi connectivity index (χ1n) is 9.28. The second kappa shape index (κ2) is 9.20. The zero-order chi connectivity index (χ0) is 23.4. The fourth-order valence-corrected chi connectivity index (χ4v) is 3.23. The Balaban J connectivity index is 1.65. The minimum Gasteiger partial charge on any atom is -0.494 e. The summed E-state index contributed by atoms with van der Waals surface area (Å²) in [7, 11) is 1.30. The highest BCUT2D eigenvalue weighted by atomic mass is 16.6. The number of nitro groups is 2. The van der Waals surface area contributed by atoms with Crippen molar-refractivity contribution >= 4 is 34.7 Å². The van der Waals surface area contributed by atoms with Crippen LogP contribution in [0.15, 0.2) is 42.5 Å². The smallest absolute Gasteiger partial charge is 0.311 e. The third-order valence-electron chi connectivity index (χ3n) is 4.85. The molecule has 1 aliphatic heterocycles. The first-order valence-corrected chi connectivity index (χ1v) is 9.28. The van der Waals surface area contributed by atoms with Gasteiger partial charge in [0.05, 0.1) is 34.6 Å². The van der Waals surface area contributed by atoms with E-state index < -0.39 is 40.0 Å². The van der Waals surface area contributed by atoms with Gasteiger partial charge in [-0.15, -0.1) is 0 Å². The van der Waals surface area contributed by atoms with E-state index >= 15 is 0 Å². The van der Waals surface area contributed by atoms with Crippen LogP contribution in [0.2, 0.25) is 0 Å². The molecule has 2 aromatic rings. The second-order valence-corrected chi connectivity index (χ2v) is 6.86. The van der Waals surface area contributed by atoms with Crippen molar-refractivity contribution in [2.24, 2.45) is 5.92 Å². The maximum atomic E-state index is 12.4. The highest BCUT2D eigenvalue weighted by molar-refractivity contribution is 6.02. The quantitative estimate of drug-likeness (QED) is 0.258. The molecule has 0 unspecified atom stereocenters. The van der Waals surface area contributed by atoms with E-state index in [-0.39, 0.29) is 41.3 Å². The number of hydrogen-bond acceptors (Lipinski definition) is 9. The summed E-state index contributed by atoms with van der Waals surface area (Å²) >= 11 is 0. The standard InChI is InChI=1S/C20H17N3O9/c1-31-18-9-15(23(29)30)5-6-16(18)21-10-13(8-19(21)25)20(26)32-11-17(24)12-3-2-4-14(7-12)22(27)28/h2-7,9,13H,8,10-11H2,1H3/t13-/m1/s1. The molecule has 2 aromatic carbocycles. The van der Waals surface area contributed by atoms with Crippen molar-refractivity contribution < 1.29 is 33.7 Å². The maximum absolute atomic E-state index is 12.4. The number of amides is 1. The van der Waals surface area contributed by atoms with Crippen LogP contribution in [0.25, 0.3) is 0 Å². The van der Waals surface area contributed by atoms with Gasteiger partial charge in [-0.3, -0.25) is 34.6 Å². The Bertz CT molecular complexity index is 1120. The van der Waals surface area contributed by atoms with Crippen molar-refractivity contribution in [1.29, 1.82) is 0 Å². The van der Waals surface area contributed by atoms with Gasteiger partial charge in [-0.25, -0.2) is 0 Å². The summed E-state index contributed by atoms with van der Waals surface area (Å²) in [5, 5.41) is 21.8. The number of anilines is 1. The predicted octanol–water partition coefficient (Wildman–Crippen LogP) is 2.29. The molecule has 1 aliphatic rings. The van der Waals surface area contributed by atoms with E-state index in [1.807, 2.05) is 0 Å². The van der Waals surface area contributed by atoms with Crippen LogP contribution in [0.3, 0.4) is 0 Å². The van der Waals surface area contributed by atoms with Gasteiger partial charge in [0, 0.05) is 36.7 Å². The van der Waals surface area contributed by atoms with Crippen LogP contribution >= 0.6 is 0 Å². The number of hydrogen-bond donors (Lipinski definition) is 0. The SMILES string of the molecule is COc1cc([N+](=O)[O-])ccc1N1C[C@H](C(=O)OCC(=O)c2cccc([N+](=O)[O-])c2)CC1=O. The molecule has 0 aromatic heterocycles. The molecule has 0 spiro atoms. The Morgan fingerprint density at radius 1 is 1.09 bits per heavy atom. The lowest BCUT2D eigenvalue weighted by molar-refractivity contribution is -0.385. The number of nitrogens with zero attached hydrogens (tertiary/aromatic N) is 3. The molecule has 1 fully saturated rings. The van der Waals surface area contributed by atoms with E-state index in [0.29, 0.717) is 0 Å². The fourth-order valence-electron chi connectivity index (χ4n) is 3.23. The normalized spacial score (nSPS) is 15.3. The zero-order valence-electron chi connectivity index (χ0n) is 16.8. The van der Waals surface area contributed by atoms with Gasteiger partial charge in [0.2, 0.25) is 11.7 Å². The summed E-state index contributed by atoms with van der Waals surface area (Å²) in [6.45, 7) is -0.692. The van der Waals surface area contributed by atoms with Crippen LogP contribution in [-0.2, 0) is 14.3 Å². The third kappa shape index (κ3) is 4.69. The Morgan fingerprint density at radius 3 is 2.44 bits per heavy atom. The van der Waals surface area contributed by atoms with Gasteiger partial charge in [0.1, 0.15) is 5.75 Å². The van der Waals surface area contributed by atoms with Crippen molar-refractivity contribution in [3.05, 3.63) is 68.3 Å². The Kier molecular flexibility index (Phi) is 6.42. The van der Waals surface area contributed by atoms with E-state index in [1.54, 1.807) is 0 Å². The summed E-state index contributed by atoms with van der Waals surface area (Å²) in [5.74, 6) is -2.58. The highest BCUT2D eigenvalue weighted by Gasteiger charge is 2.37. The van der Waals surface area contributed by atoms with Crippen LogP contribution in [0.5, 0.6) is 5.75 Å². The second-order valence-electron chi connectivity index (χ2n) is 6.86. The lowest BCUT2D eigenvalue weighted by Crippen LogP contribution is -2.27. The van der Waals surface area contributed by atoms with Gasteiger partial charge in [0.25, 0.3) is 11.4 Å². The number of ketones is 1. The van der Waals surface area contributed by atoms with Crippen molar-refractivity contribution in [2.75, 3.05) is 25.2 Å². The molecule has 0 radical (unpaired) electrons. The van der Waals surface area contributed by atoms with Crippen LogP contribution in [0.1, 0.15) is 16.8 Å². The Hall–Kier alpha value is -4.35. The number of Topliss-reactive ketones (excluding diaryl/α,β-unsaturated/α-hetero) is 1. The van der Waals surface area contributed by atoms with Gasteiger partial charge in [-0.05, 0) is 6.07 Å². The first-order chi connectivity index (χ1) is 15.2. The van der Waals surface area contributed by atoms with Gasteiger partial charge in [0.15, 0.2) is 6.61 Å². The Labute approximate surface area is 180 Å². The van der Waals surface area contributed by atoms with Gasteiger partial charge in [-0.1, -0.05) is 12.1 Å². The zero-order valence-corrected chi connectivity index (χ0v) is 16.8. The molecular weight excluding hydrogens is 426 g/mol. The molecule has 0 N–H and O–H groups in total. The number of carbonyl (C=O) groups is 3. The summed E-state index contributed by atoms with van der Waals surface area (Å²) in [6.07, 6.45) is -0.177. The van der Waals surface area contributed by atoms with E-state index in [0.717, 1.165) is 6.07 Å². The lowest BCUT2D eigenvalue weighted by atomic mass is 10.1. The lowest BCUT2D eigenvalue weighted by Gasteiger charge is -2.19. The molecule has 12 nitrogen and oxygen atoms in total. The fraction of sp³-hybridized carbons (Fsp3) is 0.250. The summed E-state index contributed by atoms with van der Waals surface area (Å²) in [4.78, 5) is 58.8. The largest absolute Gasteiger partial charge is 0.494 e. The molecule has 166 valence electrons. The molecule has 1 heterocycles. The van der Waals surface area contributed by atoms with E-state index in [4.69, 9.17) is 9.47 Å². The number of rotatable bonds is 8. The maximum Gasteiger partial charge on any atom is 0.311 e. The number of esters is 1. The number of methoxy groups -OCH3 is 1. The van der Waals surface area contributed by atoms with Gasteiger partial charge in [-0.2, -0.15) is 0 Å². The average Bonchev–Trinajstić information content (AvgIpc) is 3.18. The molecule has 1 atom stereocenters. The molecule has 32 heavy (non-hydrogen) atoms. The summed E-state index contributed by atoms with van der Waals surface area (Å²) < 4.78 is 10.2. The van der Waals surface area contributed by atoms with Crippen molar-refractivity contribution in [1.82, 2.24) is 0 Å². The number of benzene rings is 2. The molecule has 1 saturated heterocycles. The number of ether oxygens (including phenoxy) is 2. The van der Waals surface area contributed by atoms with E-state index in [9.17, 15) is 34.6 Å². The molecule has 12 heteroatoms. The number of non-ortho nitro benzene ring substituents is 2. The molecule has 1 amide bonds. The molecule has 0 saturated carbocycles. The highest BCUT2D eigenvalue weighted by Crippen LogP contribution is 2.36. The van der Waals surface area contributed by atoms with Crippen molar-refractivity contribution in [2.45, 2.75) is 6.42 Å². The summed E-state index contributed by atoms with van der Waals surface area (Å²) in [6, 6.07) is 8.77. The predicted molar refractivity (Wildman–Crippen MR) is 108 cm³/mol. The third-order valence-corrected chi connectivity index (χ3v) is 4.85. The molecule has 0 bridgehead atoms. The van der Waals surface area contributed by atoms with E-state index in [1.165, 1.54) is 48.4 Å². The number of nitro benzene ring substituents is 2. The molecule has 3 rings (SSSR count). The van der Waals surface area contributed by atoms with Crippen LogP contribution in [-0.4, -0.2) is 47.8 Å². The van der Waals surface area contributed by atoms with Gasteiger partial charge >= 0.3 is 5.97 Å². The van der Waals surface area contributed by atoms with Crippen LogP contribution in [0.4, 0.5) is 17.1 Å². The monoisotopic (exact) mass is 443 g/mol. The minimum atomic E-state index is -0.861. The van der Waals surface area contributed by atoms with Crippen molar-refractivity contribution in [3.8, 4) is 5.75 Å². The number of carbonyl (C=O) groups excluding carboxylic acids is 3. The van der Waals surface area contributed by atoms with Crippen LogP contribution in [0, 0.1) is 26.1 Å². The average molecular weight is 443 g/mol. The first kappa shape index (κ1) is 22.3. The van der Waals surface area contributed by atoms with Crippen molar-refractivity contribution in [3.63, 3.8) is 0 Å². The molecule has 0 aliphatic carbocycles. The van der Waals surface area contributed by atoms with E-state index in [2.05, 4.69) is 0 Å². The summed E-state index contributed by atoms with van der Waals surface area (Å²) in [5.41, 5.74) is -0.193. The van der Waals surface area contributed by atoms with Gasteiger partial charge < -0.3 is 14.4 Å². The van der Waals surface area contributed by atoms with Crippen LogP contribution < -0.4 is 9.64 Å². The topological polar surface area (TPSA) is 159 Å².